The normalized spacial score (nSPS) is 12.3. The van der Waals surface area contributed by atoms with Crippen LogP contribution >= 0.6 is 11.6 Å². The monoisotopic (exact) mass is 327 g/mol. The number of rotatable bonds is 4. The molecule has 1 aromatic rings. The van der Waals surface area contributed by atoms with E-state index in [1.807, 2.05) is 20.8 Å². The van der Waals surface area contributed by atoms with Gasteiger partial charge in [0.15, 0.2) is 5.75 Å². The molecule has 0 aliphatic heterocycles. The lowest BCUT2D eigenvalue weighted by atomic mass is 10.1. The van der Waals surface area contributed by atoms with Crippen molar-refractivity contribution < 1.29 is 14.3 Å². The summed E-state index contributed by atoms with van der Waals surface area (Å²) in [6, 6.07) is 3.81. The molecule has 0 fully saturated rings. The van der Waals surface area contributed by atoms with Crippen LogP contribution in [0.4, 0.5) is 10.5 Å². The van der Waals surface area contributed by atoms with Gasteiger partial charge < -0.3 is 20.7 Å². The van der Waals surface area contributed by atoms with Gasteiger partial charge in [-0.15, -0.1) is 0 Å². The lowest BCUT2D eigenvalue weighted by molar-refractivity contribution is -0.123. The van der Waals surface area contributed by atoms with Crippen LogP contribution < -0.4 is 20.7 Å². The average molecular weight is 328 g/mol. The van der Waals surface area contributed by atoms with E-state index in [4.69, 9.17) is 16.3 Å². The molecule has 0 saturated heterocycles. The van der Waals surface area contributed by atoms with Crippen LogP contribution in [0, 0.1) is 0 Å². The standard InChI is InChI=1S/C15H22ClN3O3/c1-9(13(20)19-15(2,3)4)17-14(21)18-11-8-6-7-10(16)12(11)22-5/h6-9H,1-5H3,(H,19,20)(H2,17,18,21). The second-order valence-corrected chi connectivity index (χ2v) is 6.29. The van der Waals surface area contributed by atoms with Gasteiger partial charge in [-0.2, -0.15) is 0 Å². The van der Waals surface area contributed by atoms with E-state index in [1.54, 1.807) is 25.1 Å². The highest BCUT2D eigenvalue weighted by atomic mass is 35.5. The summed E-state index contributed by atoms with van der Waals surface area (Å²) in [5.41, 5.74) is 0.0654. The number of amides is 3. The van der Waals surface area contributed by atoms with E-state index in [2.05, 4.69) is 16.0 Å². The van der Waals surface area contributed by atoms with Gasteiger partial charge in [-0.3, -0.25) is 4.79 Å². The molecule has 22 heavy (non-hydrogen) atoms. The smallest absolute Gasteiger partial charge is 0.319 e. The summed E-state index contributed by atoms with van der Waals surface area (Å²) in [7, 11) is 1.46. The summed E-state index contributed by atoms with van der Waals surface area (Å²) in [5, 5.41) is 8.35. The van der Waals surface area contributed by atoms with E-state index in [0.29, 0.717) is 16.5 Å². The molecular formula is C15H22ClN3O3. The van der Waals surface area contributed by atoms with Crippen molar-refractivity contribution in [1.29, 1.82) is 0 Å². The van der Waals surface area contributed by atoms with Gasteiger partial charge in [0.2, 0.25) is 5.91 Å². The summed E-state index contributed by atoms with van der Waals surface area (Å²) in [4.78, 5) is 23.9. The lowest BCUT2D eigenvalue weighted by Crippen LogP contribution is -2.51. The zero-order chi connectivity index (χ0) is 16.9. The van der Waals surface area contributed by atoms with E-state index in [-0.39, 0.29) is 11.4 Å². The number of hydrogen-bond donors (Lipinski definition) is 3. The summed E-state index contributed by atoms with van der Waals surface area (Å²) in [6.07, 6.45) is 0. The van der Waals surface area contributed by atoms with Gasteiger partial charge in [0.25, 0.3) is 0 Å². The van der Waals surface area contributed by atoms with E-state index in [1.165, 1.54) is 7.11 Å². The Morgan fingerprint density at radius 3 is 2.45 bits per heavy atom. The molecule has 1 aromatic carbocycles. The number of para-hydroxylation sites is 1. The highest BCUT2D eigenvalue weighted by Crippen LogP contribution is 2.32. The Morgan fingerprint density at radius 2 is 1.91 bits per heavy atom. The molecule has 1 atom stereocenters. The first kappa shape index (κ1) is 18.1. The number of halogens is 1. The van der Waals surface area contributed by atoms with Gasteiger partial charge in [0, 0.05) is 5.54 Å². The van der Waals surface area contributed by atoms with Crippen LogP contribution in [0.5, 0.6) is 5.75 Å². The molecule has 0 spiro atoms. The second kappa shape index (κ2) is 7.35. The van der Waals surface area contributed by atoms with Crippen LogP contribution in [0.2, 0.25) is 5.02 Å². The summed E-state index contributed by atoms with van der Waals surface area (Å²) < 4.78 is 5.14. The van der Waals surface area contributed by atoms with Gasteiger partial charge in [-0.25, -0.2) is 4.79 Å². The molecule has 0 heterocycles. The average Bonchev–Trinajstić information content (AvgIpc) is 2.36. The van der Waals surface area contributed by atoms with Crippen LogP contribution in [0.1, 0.15) is 27.7 Å². The maximum absolute atomic E-state index is 12.0. The fraction of sp³-hybridized carbons (Fsp3) is 0.467. The minimum atomic E-state index is -0.676. The number of nitrogens with one attached hydrogen (secondary N) is 3. The molecule has 0 bridgehead atoms. The largest absolute Gasteiger partial charge is 0.493 e. The molecule has 122 valence electrons. The first-order valence-corrected chi connectivity index (χ1v) is 7.24. The molecule has 0 aliphatic rings. The van der Waals surface area contributed by atoms with Crippen molar-refractivity contribution in [2.24, 2.45) is 0 Å². The molecule has 1 rings (SSSR count). The molecule has 3 N–H and O–H groups in total. The third-order valence-electron chi connectivity index (χ3n) is 2.66. The van der Waals surface area contributed by atoms with Crippen LogP contribution in [0.3, 0.4) is 0 Å². The van der Waals surface area contributed by atoms with Crippen LogP contribution in [-0.2, 0) is 4.79 Å². The Morgan fingerprint density at radius 1 is 1.27 bits per heavy atom. The maximum atomic E-state index is 12.0. The predicted molar refractivity (Wildman–Crippen MR) is 87.5 cm³/mol. The second-order valence-electron chi connectivity index (χ2n) is 5.88. The summed E-state index contributed by atoms with van der Waals surface area (Å²) >= 11 is 5.98. The van der Waals surface area contributed by atoms with E-state index >= 15 is 0 Å². The fourth-order valence-corrected chi connectivity index (χ4v) is 1.96. The van der Waals surface area contributed by atoms with Crippen molar-refractivity contribution in [3.63, 3.8) is 0 Å². The van der Waals surface area contributed by atoms with Crippen molar-refractivity contribution in [2.45, 2.75) is 39.3 Å². The fourth-order valence-electron chi connectivity index (χ4n) is 1.71. The molecule has 6 nitrogen and oxygen atoms in total. The molecular weight excluding hydrogens is 306 g/mol. The van der Waals surface area contributed by atoms with Crippen LogP contribution in [0.15, 0.2) is 18.2 Å². The van der Waals surface area contributed by atoms with Crippen molar-refractivity contribution in [2.75, 3.05) is 12.4 Å². The number of methoxy groups -OCH3 is 1. The van der Waals surface area contributed by atoms with Crippen molar-refractivity contribution in [3.8, 4) is 5.75 Å². The van der Waals surface area contributed by atoms with Gasteiger partial charge in [-0.1, -0.05) is 17.7 Å². The molecule has 0 saturated carbocycles. The number of hydrogen-bond acceptors (Lipinski definition) is 3. The number of benzene rings is 1. The summed E-state index contributed by atoms with van der Waals surface area (Å²) in [5.74, 6) is 0.104. The third-order valence-corrected chi connectivity index (χ3v) is 2.96. The molecule has 7 heteroatoms. The summed E-state index contributed by atoms with van der Waals surface area (Å²) in [6.45, 7) is 7.22. The zero-order valence-corrected chi connectivity index (χ0v) is 14.2. The Kier molecular flexibility index (Phi) is 6.05. The van der Waals surface area contributed by atoms with E-state index < -0.39 is 12.1 Å². The quantitative estimate of drug-likeness (QED) is 0.795. The first-order valence-electron chi connectivity index (χ1n) is 6.86. The van der Waals surface area contributed by atoms with Crippen LogP contribution in [0.25, 0.3) is 0 Å². The van der Waals surface area contributed by atoms with Crippen LogP contribution in [-0.4, -0.2) is 30.6 Å². The zero-order valence-electron chi connectivity index (χ0n) is 13.4. The maximum Gasteiger partial charge on any atom is 0.319 e. The Bertz CT molecular complexity index is 555. The van der Waals surface area contributed by atoms with Crippen molar-refractivity contribution in [1.82, 2.24) is 10.6 Å². The molecule has 0 aromatic heterocycles. The lowest BCUT2D eigenvalue weighted by Gasteiger charge is -2.23. The van der Waals surface area contributed by atoms with E-state index in [0.717, 1.165) is 0 Å². The number of anilines is 1. The molecule has 0 radical (unpaired) electrons. The van der Waals surface area contributed by atoms with Gasteiger partial charge in [-0.05, 0) is 39.8 Å². The van der Waals surface area contributed by atoms with Gasteiger partial charge in [0.05, 0.1) is 17.8 Å². The third kappa shape index (κ3) is 5.44. The van der Waals surface area contributed by atoms with Gasteiger partial charge in [0.1, 0.15) is 6.04 Å². The Labute approximate surface area is 135 Å². The molecule has 1 unspecified atom stereocenters. The first-order chi connectivity index (χ1) is 10.1. The highest BCUT2D eigenvalue weighted by molar-refractivity contribution is 6.32. The Balaban J connectivity index is 2.67. The van der Waals surface area contributed by atoms with Gasteiger partial charge >= 0.3 is 6.03 Å². The van der Waals surface area contributed by atoms with E-state index in [9.17, 15) is 9.59 Å². The number of ether oxygens (including phenoxy) is 1. The highest BCUT2D eigenvalue weighted by Gasteiger charge is 2.21. The number of urea groups is 1. The SMILES string of the molecule is COc1c(Cl)cccc1NC(=O)NC(C)C(=O)NC(C)(C)C. The van der Waals surface area contributed by atoms with Crippen molar-refractivity contribution >= 4 is 29.2 Å². The Hall–Kier alpha value is -1.95. The minimum Gasteiger partial charge on any atom is -0.493 e. The minimum absolute atomic E-state index is 0.263. The predicted octanol–water partition coefficient (Wildman–Crippen LogP) is 2.77. The number of carbonyl (C=O) groups excluding carboxylic acids is 2. The molecule has 0 aliphatic carbocycles. The molecule has 3 amide bonds. The topological polar surface area (TPSA) is 79.5 Å². The number of carbonyl (C=O) groups is 2. The van der Waals surface area contributed by atoms with Crippen molar-refractivity contribution in [3.05, 3.63) is 23.2 Å².